The Bertz CT molecular complexity index is 457. The minimum atomic E-state index is 0.802. The minimum Gasteiger partial charge on any atom is -0.312 e. The summed E-state index contributed by atoms with van der Waals surface area (Å²) in [5.74, 6) is 0. The second kappa shape index (κ2) is 6.38. The molecule has 1 heterocycles. The SMILES string of the molecule is Clc1cccc(CCNCc2ccncc2)c1. The smallest absolute Gasteiger partial charge is 0.0408 e. The summed E-state index contributed by atoms with van der Waals surface area (Å²) < 4.78 is 0. The molecule has 0 unspecified atom stereocenters. The Balaban J connectivity index is 1.73. The van der Waals surface area contributed by atoms with E-state index >= 15 is 0 Å². The van der Waals surface area contributed by atoms with E-state index in [2.05, 4.69) is 16.4 Å². The van der Waals surface area contributed by atoms with Gasteiger partial charge in [-0.1, -0.05) is 23.7 Å². The molecule has 0 aliphatic rings. The van der Waals surface area contributed by atoms with Crippen LogP contribution in [0.1, 0.15) is 11.1 Å². The van der Waals surface area contributed by atoms with Crippen molar-refractivity contribution in [3.05, 3.63) is 64.9 Å². The van der Waals surface area contributed by atoms with Gasteiger partial charge in [0.05, 0.1) is 0 Å². The third-order valence-corrected chi connectivity index (χ3v) is 2.79. The van der Waals surface area contributed by atoms with Gasteiger partial charge in [0.1, 0.15) is 0 Å². The molecule has 0 saturated heterocycles. The summed E-state index contributed by atoms with van der Waals surface area (Å²) in [6.45, 7) is 1.83. The van der Waals surface area contributed by atoms with E-state index in [9.17, 15) is 0 Å². The minimum absolute atomic E-state index is 0.802. The highest BCUT2D eigenvalue weighted by Crippen LogP contribution is 2.10. The third-order valence-electron chi connectivity index (χ3n) is 2.56. The van der Waals surface area contributed by atoms with Crippen molar-refractivity contribution in [1.29, 1.82) is 0 Å². The van der Waals surface area contributed by atoms with Crippen molar-refractivity contribution in [2.45, 2.75) is 13.0 Å². The molecule has 0 aliphatic carbocycles. The van der Waals surface area contributed by atoms with Gasteiger partial charge in [-0.15, -0.1) is 0 Å². The maximum absolute atomic E-state index is 5.93. The number of hydrogen-bond acceptors (Lipinski definition) is 2. The van der Waals surface area contributed by atoms with Crippen LogP contribution in [0.25, 0.3) is 0 Å². The maximum Gasteiger partial charge on any atom is 0.0408 e. The van der Waals surface area contributed by atoms with Crippen LogP contribution < -0.4 is 5.32 Å². The van der Waals surface area contributed by atoms with Gasteiger partial charge in [-0.3, -0.25) is 4.98 Å². The summed E-state index contributed by atoms with van der Waals surface area (Å²) in [5.41, 5.74) is 2.52. The summed E-state index contributed by atoms with van der Waals surface area (Å²) in [6.07, 6.45) is 4.62. The van der Waals surface area contributed by atoms with E-state index in [1.807, 2.05) is 42.7 Å². The molecule has 1 aromatic heterocycles. The molecule has 2 rings (SSSR count). The first kappa shape index (κ1) is 12.1. The Hall–Kier alpha value is -1.38. The molecule has 0 bridgehead atoms. The quantitative estimate of drug-likeness (QED) is 0.821. The molecule has 3 heteroatoms. The number of nitrogens with one attached hydrogen (secondary N) is 1. The highest BCUT2D eigenvalue weighted by molar-refractivity contribution is 6.30. The van der Waals surface area contributed by atoms with Crippen LogP contribution >= 0.6 is 11.6 Å². The van der Waals surface area contributed by atoms with Crippen molar-refractivity contribution in [3.63, 3.8) is 0 Å². The van der Waals surface area contributed by atoms with Gasteiger partial charge in [-0.25, -0.2) is 0 Å². The molecule has 0 atom stereocenters. The molecular formula is C14H15ClN2. The van der Waals surface area contributed by atoms with Crippen molar-refractivity contribution in [2.75, 3.05) is 6.54 Å². The lowest BCUT2D eigenvalue weighted by Gasteiger charge is -2.05. The second-order valence-corrected chi connectivity index (χ2v) is 4.35. The first-order valence-corrected chi connectivity index (χ1v) is 6.06. The van der Waals surface area contributed by atoms with Crippen LogP contribution in [0.2, 0.25) is 5.02 Å². The molecule has 0 saturated carbocycles. The number of halogens is 1. The number of aromatic nitrogens is 1. The molecule has 0 spiro atoms. The topological polar surface area (TPSA) is 24.9 Å². The molecule has 0 fully saturated rings. The van der Waals surface area contributed by atoms with E-state index in [1.165, 1.54) is 11.1 Å². The van der Waals surface area contributed by atoms with Crippen LogP contribution in [-0.2, 0) is 13.0 Å². The Morgan fingerprint density at radius 2 is 1.88 bits per heavy atom. The van der Waals surface area contributed by atoms with E-state index < -0.39 is 0 Å². The fraction of sp³-hybridized carbons (Fsp3) is 0.214. The van der Waals surface area contributed by atoms with Crippen LogP contribution in [-0.4, -0.2) is 11.5 Å². The number of rotatable bonds is 5. The van der Waals surface area contributed by atoms with Crippen LogP contribution in [0.4, 0.5) is 0 Å². The maximum atomic E-state index is 5.93. The van der Waals surface area contributed by atoms with Gasteiger partial charge in [-0.05, 0) is 48.4 Å². The largest absolute Gasteiger partial charge is 0.312 e. The Morgan fingerprint density at radius 3 is 2.65 bits per heavy atom. The number of hydrogen-bond donors (Lipinski definition) is 1. The first-order chi connectivity index (χ1) is 8.34. The van der Waals surface area contributed by atoms with Gasteiger partial charge in [0.2, 0.25) is 0 Å². The fourth-order valence-corrected chi connectivity index (χ4v) is 1.87. The molecule has 88 valence electrons. The lowest BCUT2D eigenvalue weighted by atomic mass is 10.1. The Labute approximate surface area is 107 Å². The molecule has 2 nitrogen and oxygen atoms in total. The highest BCUT2D eigenvalue weighted by Gasteiger charge is 1.95. The molecule has 17 heavy (non-hydrogen) atoms. The fourth-order valence-electron chi connectivity index (χ4n) is 1.66. The van der Waals surface area contributed by atoms with Gasteiger partial charge in [0, 0.05) is 24.0 Å². The zero-order valence-corrected chi connectivity index (χ0v) is 10.3. The summed E-state index contributed by atoms with van der Waals surface area (Å²) in [4.78, 5) is 3.99. The Morgan fingerprint density at radius 1 is 1.06 bits per heavy atom. The van der Waals surface area contributed by atoms with Gasteiger partial charge in [0.25, 0.3) is 0 Å². The predicted octanol–water partition coefficient (Wildman–Crippen LogP) is 3.07. The molecule has 0 aliphatic heterocycles. The van der Waals surface area contributed by atoms with E-state index in [0.29, 0.717) is 0 Å². The normalized spacial score (nSPS) is 10.4. The molecule has 0 amide bonds. The van der Waals surface area contributed by atoms with Crippen molar-refractivity contribution >= 4 is 11.6 Å². The van der Waals surface area contributed by atoms with Gasteiger partial charge in [-0.2, -0.15) is 0 Å². The van der Waals surface area contributed by atoms with E-state index in [4.69, 9.17) is 11.6 Å². The average Bonchev–Trinajstić information content (AvgIpc) is 2.36. The third kappa shape index (κ3) is 4.17. The standard InChI is InChI=1S/C14H15ClN2/c15-14-3-1-2-12(10-14)4-9-17-11-13-5-7-16-8-6-13/h1-3,5-8,10,17H,4,9,11H2. The van der Waals surface area contributed by atoms with Gasteiger partial charge < -0.3 is 5.32 Å². The first-order valence-electron chi connectivity index (χ1n) is 5.68. The van der Waals surface area contributed by atoms with Crippen molar-refractivity contribution in [3.8, 4) is 0 Å². The molecule has 1 aromatic carbocycles. The number of nitrogens with zero attached hydrogens (tertiary/aromatic N) is 1. The number of pyridine rings is 1. The highest BCUT2D eigenvalue weighted by atomic mass is 35.5. The zero-order valence-electron chi connectivity index (χ0n) is 9.57. The van der Waals surface area contributed by atoms with E-state index in [-0.39, 0.29) is 0 Å². The lowest BCUT2D eigenvalue weighted by molar-refractivity contribution is 0.686. The van der Waals surface area contributed by atoms with Crippen LogP contribution in [0.15, 0.2) is 48.8 Å². The second-order valence-electron chi connectivity index (χ2n) is 3.91. The van der Waals surface area contributed by atoms with Crippen molar-refractivity contribution < 1.29 is 0 Å². The van der Waals surface area contributed by atoms with Crippen molar-refractivity contribution in [2.24, 2.45) is 0 Å². The monoisotopic (exact) mass is 246 g/mol. The van der Waals surface area contributed by atoms with Crippen LogP contribution in [0.3, 0.4) is 0 Å². The summed E-state index contributed by atoms with van der Waals surface area (Å²) in [7, 11) is 0. The van der Waals surface area contributed by atoms with Crippen LogP contribution in [0.5, 0.6) is 0 Å². The predicted molar refractivity (Wildman–Crippen MR) is 71.1 cm³/mol. The molecular weight excluding hydrogens is 232 g/mol. The van der Waals surface area contributed by atoms with Crippen LogP contribution in [0, 0.1) is 0 Å². The van der Waals surface area contributed by atoms with Gasteiger partial charge >= 0.3 is 0 Å². The molecule has 2 aromatic rings. The summed E-state index contributed by atoms with van der Waals surface area (Å²) in [6, 6.07) is 12.0. The van der Waals surface area contributed by atoms with Crippen molar-refractivity contribution in [1.82, 2.24) is 10.3 Å². The number of benzene rings is 1. The summed E-state index contributed by atoms with van der Waals surface area (Å²) in [5, 5.41) is 4.20. The van der Waals surface area contributed by atoms with E-state index in [0.717, 1.165) is 24.5 Å². The molecule has 1 N–H and O–H groups in total. The lowest BCUT2D eigenvalue weighted by Crippen LogP contribution is -2.16. The van der Waals surface area contributed by atoms with E-state index in [1.54, 1.807) is 0 Å². The van der Waals surface area contributed by atoms with Gasteiger partial charge in [0.15, 0.2) is 0 Å². The Kier molecular flexibility index (Phi) is 4.54. The summed E-state index contributed by atoms with van der Waals surface area (Å²) >= 11 is 5.93. The average molecular weight is 247 g/mol. The zero-order chi connectivity index (χ0) is 11.9. The molecule has 0 radical (unpaired) electrons.